The molecule has 1 unspecified atom stereocenters. The minimum atomic E-state index is -0.424. The van der Waals surface area contributed by atoms with E-state index in [1.165, 1.54) is 0 Å². The predicted octanol–water partition coefficient (Wildman–Crippen LogP) is 4.83. The Labute approximate surface area is 190 Å². The number of hydrogen-bond donors (Lipinski definition) is 1. The third-order valence-electron chi connectivity index (χ3n) is 5.03. The summed E-state index contributed by atoms with van der Waals surface area (Å²) in [5.41, 5.74) is 2.14. The largest absolute Gasteiger partial charge is 0.484 e. The van der Waals surface area contributed by atoms with Crippen LogP contribution in [-0.2, 0) is 11.3 Å². The summed E-state index contributed by atoms with van der Waals surface area (Å²) >= 11 is 5.94. The van der Waals surface area contributed by atoms with E-state index in [9.17, 15) is 9.59 Å². The molecule has 7 heteroatoms. The number of carbonyl (C=O) groups is 2. The van der Waals surface area contributed by atoms with Crippen molar-refractivity contribution in [3.63, 3.8) is 0 Å². The minimum Gasteiger partial charge on any atom is -0.484 e. The first-order valence-electron chi connectivity index (χ1n) is 10.2. The van der Waals surface area contributed by atoms with Gasteiger partial charge in [-0.3, -0.25) is 9.59 Å². The van der Waals surface area contributed by atoms with Crippen molar-refractivity contribution >= 4 is 34.3 Å². The predicted molar refractivity (Wildman–Crippen MR) is 124 cm³/mol. The molecular formula is C25H22ClN3O3. The van der Waals surface area contributed by atoms with Crippen molar-refractivity contribution in [2.24, 2.45) is 0 Å². The fourth-order valence-electron chi connectivity index (χ4n) is 3.47. The standard InChI is InChI=1S/C25H22ClN3O3/c1-17(27-24(31)16-32-20-7-3-2-4-8-20)25-28-21-9-5-6-10-22(21)29(25)15-23(30)18-11-13-19(26)14-12-18/h2-14,17H,15-16H2,1H3,(H,27,31). The number of imidazole rings is 1. The number of Topliss-reactive ketones (excluding diaryl/α,β-unsaturated/α-hetero) is 1. The molecular weight excluding hydrogens is 426 g/mol. The molecule has 0 saturated carbocycles. The van der Waals surface area contributed by atoms with Gasteiger partial charge < -0.3 is 14.6 Å². The second kappa shape index (κ2) is 9.66. The van der Waals surface area contributed by atoms with Gasteiger partial charge in [0.1, 0.15) is 11.6 Å². The summed E-state index contributed by atoms with van der Waals surface area (Å²) in [5.74, 6) is 0.874. The highest BCUT2D eigenvalue weighted by molar-refractivity contribution is 6.30. The molecule has 0 spiro atoms. The van der Waals surface area contributed by atoms with Crippen LogP contribution >= 0.6 is 11.6 Å². The van der Waals surface area contributed by atoms with Gasteiger partial charge in [0.25, 0.3) is 5.91 Å². The maximum Gasteiger partial charge on any atom is 0.258 e. The number of benzene rings is 3. The molecule has 0 aliphatic rings. The molecule has 0 saturated heterocycles. The number of nitrogens with one attached hydrogen (secondary N) is 1. The fraction of sp³-hybridized carbons (Fsp3) is 0.160. The summed E-state index contributed by atoms with van der Waals surface area (Å²) in [5, 5.41) is 3.49. The summed E-state index contributed by atoms with van der Waals surface area (Å²) in [6.07, 6.45) is 0. The van der Waals surface area contributed by atoms with E-state index in [1.54, 1.807) is 36.4 Å². The van der Waals surface area contributed by atoms with E-state index in [1.807, 2.05) is 54.0 Å². The Kier molecular flexibility index (Phi) is 6.52. The molecule has 4 rings (SSSR count). The summed E-state index contributed by atoms with van der Waals surface area (Å²) in [7, 11) is 0. The van der Waals surface area contributed by atoms with Crippen molar-refractivity contribution < 1.29 is 14.3 Å². The molecule has 3 aromatic carbocycles. The van der Waals surface area contributed by atoms with Crippen molar-refractivity contribution in [2.75, 3.05) is 6.61 Å². The Hall–Kier alpha value is -3.64. The van der Waals surface area contributed by atoms with Crippen molar-refractivity contribution in [3.8, 4) is 5.75 Å². The highest BCUT2D eigenvalue weighted by Crippen LogP contribution is 2.22. The highest BCUT2D eigenvalue weighted by atomic mass is 35.5. The van der Waals surface area contributed by atoms with Crippen molar-refractivity contribution in [1.82, 2.24) is 14.9 Å². The average molecular weight is 448 g/mol. The quantitative estimate of drug-likeness (QED) is 0.393. The van der Waals surface area contributed by atoms with E-state index in [4.69, 9.17) is 16.3 Å². The lowest BCUT2D eigenvalue weighted by Gasteiger charge is -2.16. The number of para-hydroxylation sites is 3. The molecule has 0 radical (unpaired) electrons. The van der Waals surface area contributed by atoms with Crippen LogP contribution in [0.4, 0.5) is 0 Å². The van der Waals surface area contributed by atoms with Crippen LogP contribution in [0.3, 0.4) is 0 Å². The first-order valence-corrected chi connectivity index (χ1v) is 10.6. The van der Waals surface area contributed by atoms with Crippen molar-refractivity contribution in [1.29, 1.82) is 0 Å². The lowest BCUT2D eigenvalue weighted by atomic mass is 10.1. The molecule has 1 aromatic heterocycles. The first-order chi connectivity index (χ1) is 15.5. The third kappa shape index (κ3) is 4.98. The zero-order chi connectivity index (χ0) is 22.5. The van der Waals surface area contributed by atoms with E-state index in [2.05, 4.69) is 10.3 Å². The van der Waals surface area contributed by atoms with E-state index in [0.717, 1.165) is 11.0 Å². The Bertz CT molecular complexity index is 1240. The van der Waals surface area contributed by atoms with Crippen LogP contribution in [0.25, 0.3) is 11.0 Å². The number of carbonyl (C=O) groups excluding carboxylic acids is 2. The van der Waals surface area contributed by atoms with E-state index in [-0.39, 0.29) is 24.8 Å². The Morgan fingerprint density at radius 2 is 1.69 bits per heavy atom. The SMILES string of the molecule is CC(NC(=O)COc1ccccc1)c1nc2ccccc2n1CC(=O)c1ccc(Cl)cc1. The molecule has 0 fully saturated rings. The number of ether oxygens (including phenoxy) is 1. The molecule has 6 nitrogen and oxygen atoms in total. The Morgan fingerprint density at radius 3 is 2.44 bits per heavy atom. The summed E-state index contributed by atoms with van der Waals surface area (Å²) in [4.78, 5) is 30.1. The molecule has 32 heavy (non-hydrogen) atoms. The number of amides is 1. The Balaban J connectivity index is 1.53. The first kappa shape index (κ1) is 21.6. The number of ketones is 1. The van der Waals surface area contributed by atoms with Gasteiger partial charge in [-0.25, -0.2) is 4.98 Å². The Morgan fingerprint density at radius 1 is 1.00 bits per heavy atom. The summed E-state index contributed by atoms with van der Waals surface area (Å²) < 4.78 is 7.36. The van der Waals surface area contributed by atoms with Crippen LogP contribution in [0.15, 0.2) is 78.9 Å². The fourth-order valence-corrected chi connectivity index (χ4v) is 3.60. The zero-order valence-corrected chi connectivity index (χ0v) is 18.3. The van der Waals surface area contributed by atoms with Crippen LogP contribution in [-0.4, -0.2) is 27.8 Å². The van der Waals surface area contributed by atoms with E-state index < -0.39 is 6.04 Å². The number of aromatic nitrogens is 2. The third-order valence-corrected chi connectivity index (χ3v) is 5.28. The van der Waals surface area contributed by atoms with E-state index >= 15 is 0 Å². The maximum atomic E-state index is 12.9. The highest BCUT2D eigenvalue weighted by Gasteiger charge is 2.20. The van der Waals surface area contributed by atoms with Gasteiger partial charge in [-0.1, -0.05) is 41.9 Å². The van der Waals surface area contributed by atoms with Crippen molar-refractivity contribution in [3.05, 3.63) is 95.3 Å². The molecule has 4 aromatic rings. The molecule has 162 valence electrons. The lowest BCUT2D eigenvalue weighted by molar-refractivity contribution is -0.123. The second-order valence-electron chi connectivity index (χ2n) is 7.37. The van der Waals surface area contributed by atoms with Gasteiger partial charge in [0, 0.05) is 10.6 Å². The average Bonchev–Trinajstić information content (AvgIpc) is 3.17. The van der Waals surface area contributed by atoms with E-state index in [0.29, 0.717) is 22.2 Å². The minimum absolute atomic E-state index is 0.0722. The van der Waals surface area contributed by atoms with Crippen LogP contribution in [0, 0.1) is 0 Å². The molecule has 0 aliphatic heterocycles. The lowest BCUT2D eigenvalue weighted by Crippen LogP contribution is -2.33. The molecule has 1 amide bonds. The van der Waals surface area contributed by atoms with Gasteiger partial charge in [0.15, 0.2) is 12.4 Å². The normalized spacial score (nSPS) is 11.8. The van der Waals surface area contributed by atoms with Crippen LogP contribution in [0.2, 0.25) is 5.02 Å². The van der Waals surface area contributed by atoms with Crippen LogP contribution in [0.1, 0.15) is 29.1 Å². The molecule has 0 bridgehead atoms. The monoisotopic (exact) mass is 447 g/mol. The zero-order valence-electron chi connectivity index (χ0n) is 17.5. The molecule has 1 heterocycles. The topological polar surface area (TPSA) is 73.2 Å². The number of fused-ring (bicyclic) bond motifs is 1. The van der Waals surface area contributed by atoms with Crippen molar-refractivity contribution in [2.45, 2.75) is 19.5 Å². The summed E-state index contributed by atoms with van der Waals surface area (Å²) in [6.45, 7) is 1.82. The van der Waals surface area contributed by atoms with Crippen LogP contribution in [0.5, 0.6) is 5.75 Å². The number of rotatable bonds is 8. The molecule has 0 aliphatic carbocycles. The smallest absolute Gasteiger partial charge is 0.258 e. The maximum absolute atomic E-state index is 12.9. The van der Waals surface area contributed by atoms with Gasteiger partial charge in [-0.05, 0) is 55.5 Å². The van der Waals surface area contributed by atoms with Crippen LogP contribution < -0.4 is 10.1 Å². The summed E-state index contributed by atoms with van der Waals surface area (Å²) in [6, 6.07) is 23.1. The van der Waals surface area contributed by atoms with Gasteiger partial charge in [0.2, 0.25) is 0 Å². The second-order valence-corrected chi connectivity index (χ2v) is 7.80. The number of hydrogen-bond acceptors (Lipinski definition) is 4. The molecule has 1 atom stereocenters. The number of halogens is 1. The van der Waals surface area contributed by atoms with Gasteiger partial charge in [0.05, 0.1) is 23.6 Å². The van der Waals surface area contributed by atoms with Gasteiger partial charge in [-0.15, -0.1) is 0 Å². The number of nitrogens with zero attached hydrogens (tertiary/aromatic N) is 2. The van der Waals surface area contributed by atoms with Gasteiger partial charge >= 0.3 is 0 Å². The van der Waals surface area contributed by atoms with Gasteiger partial charge in [-0.2, -0.15) is 0 Å². The molecule has 1 N–H and O–H groups in total.